The second-order valence-corrected chi connectivity index (χ2v) is 6.33. The van der Waals surface area contributed by atoms with Gasteiger partial charge in [0.1, 0.15) is 6.10 Å². The number of nitrogens with one attached hydrogen (secondary N) is 1. The van der Waals surface area contributed by atoms with E-state index in [2.05, 4.69) is 51.2 Å². The first-order chi connectivity index (χ1) is 9.69. The molecular weight excluding hydrogens is 318 g/mol. The number of rotatable bonds is 6. The lowest BCUT2D eigenvalue weighted by Crippen LogP contribution is -2.36. The summed E-state index contributed by atoms with van der Waals surface area (Å²) in [5.74, 6) is 0.784. The number of nitrogens with zero attached hydrogens (tertiary/aromatic N) is 2. The van der Waals surface area contributed by atoms with Crippen molar-refractivity contribution in [2.75, 3.05) is 26.7 Å². The van der Waals surface area contributed by atoms with Crippen LogP contribution in [0.2, 0.25) is 0 Å². The molecule has 0 amide bonds. The molecule has 0 aliphatic carbocycles. The maximum atomic E-state index is 6.12. The maximum absolute atomic E-state index is 6.12. The van der Waals surface area contributed by atoms with Crippen molar-refractivity contribution in [3.63, 3.8) is 0 Å². The van der Waals surface area contributed by atoms with Gasteiger partial charge in [0.25, 0.3) is 0 Å². The van der Waals surface area contributed by atoms with Crippen molar-refractivity contribution in [3.8, 4) is 5.88 Å². The number of halogens is 1. The first kappa shape index (κ1) is 15.7. The first-order valence-electron chi connectivity index (χ1n) is 7.39. The van der Waals surface area contributed by atoms with Gasteiger partial charge in [-0.05, 0) is 54.9 Å². The predicted molar refractivity (Wildman–Crippen MR) is 85.1 cm³/mol. The lowest BCUT2D eigenvalue weighted by Gasteiger charge is -2.29. The molecule has 1 fully saturated rings. The predicted octanol–water partition coefficient (Wildman–Crippen LogP) is 2.82. The third-order valence-corrected chi connectivity index (χ3v) is 4.01. The standard InChI is InChI=1S/C15H24BrN3O/c1-3-6-17-10-12-9-13(16)11-18-15(12)20-14-4-7-19(2)8-5-14/h9,11,14,17H,3-8,10H2,1-2H3. The van der Waals surface area contributed by atoms with Crippen molar-refractivity contribution in [2.45, 2.75) is 38.8 Å². The van der Waals surface area contributed by atoms with Crippen molar-refractivity contribution >= 4 is 15.9 Å². The van der Waals surface area contributed by atoms with E-state index in [0.29, 0.717) is 6.10 Å². The third-order valence-electron chi connectivity index (χ3n) is 3.58. The van der Waals surface area contributed by atoms with Gasteiger partial charge in [0.2, 0.25) is 5.88 Å². The molecule has 0 spiro atoms. The average Bonchev–Trinajstić information content (AvgIpc) is 2.44. The zero-order valence-corrected chi connectivity index (χ0v) is 13.9. The van der Waals surface area contributed by atoms with E-state index < -0.39 is 0 Å². The normalized spacial score (nSPS) is 17.4. The molecule has 1 aliphatic rings. The van der Waals surface area contributed by atoms with E-state index >= 15 is 0 Å². The minimum Gasteiger partial charge on any atom is -0.474 e. The summed E-state index contributed by atoms with van der Waals surface area (Å²) in [5, 5.41) is 3.41. The van der Waals surface area contributed by atoms with Crippen LogP contribution in [0.4, 0.5) is 0 Å². The van der Waals surface area contributed by atoms with Gasteiger partial charge in [-0.25, -0.2) is 4.98 Å². The fourth-order valence-corrected chi connectivity index (χ4v) is 2.74. The van der Waals surface area contributed by atoms with Gasteiger partial charge in [0, 0.05) is 35.9 Å². The van der Waals surface area contributed by atoms with Crippen LogP contribution < -0.4 is 10.1 Å². The summed E-state index contributed by atoms with van der Waals surface area (Å²) < 4.78 is 7.12. The van der Waals surface area contributed by atoms with Crippen molar-refractivity contribution in [2.24, 2.45) is 0 Å². The fraction of sp³-hybridized carbons (Fsp3) is 0.667. The number of ether oxygens (including phenoxy) is 1. The van der Waals surface area contributed by atoms with E-state index in [1.165, 1.54) is 0 Å². The summed E-state index contributed by atoms with van der Waals surface area (Å²) in [7, 11) is 2.16. The number of pyridine rings is 1. The lowest BCUT2D eigenvalue weighted by atomic mass is 10.1. The molecule has 112 valence electrons. The molecule has 1 aliphatic heterocycles. The third kappa shape index (κ3) is 4.72. The fourth-order valence-electron chi connectivity index (χ4n) is 2.36. The summed E-state index contributed by atoms with van der Waals surface area (Å²) in [5.41, 5.74) is 1.13. The van der Waals surface area contributed by atoms with Gasteiger partial charge in [0.15, 0.2) is 0 Å². The lowest BCUT2D eigenvalue weighted by molar-refractivity contribution is 0.109. The Balaban J connectivity index is 1.98. The summed E-state index contributed by atoms with van der Waals surface area (Å²) in [6.45, 7) is 6.19. The van der Waals surface area contributed by atoms with Gasteiger partial charge in [-0.1, -0.05) is 6.92 Å². The highest BCUT2D eigenvalue weighted by Gasteiger charge is 2.19. The van der Waals surface area contributed by atoms with Crippen molar-refractivity contribution < 1.29 is 4.74 Å². The Morgan fingerprint density at radius 1 is 1.45 bits per heavy atom. The van der Waals surface area contributed by atoms with Gasteiger partial charge < -0.3 is 15.0 Å². The Kier molecular flexibility index (Phi) is 6.26. The SMILES string of the molecule is CCCNCc1cc(Br)cnc1OC1CCN(C)CC1. The Morgan fingerprint density at radius 2 is 2.20 bits per heavy atom. The number of hydrogen-bond donors (Lipinski definition) is 1. The molecule has 0 bridgehead atoms. The molecule has 2 rings (SSSR count). The summed E-state index contributed by atoms with van der Waals surface area (Å²) in [6, 6.07) is 2.10. The van der Waals surface area contributed by atoms with E-state index in [4.69, 9.17) is 4.74 Å². The monoisotopic (exact) mass is 341 g/mol. The highest BCUT2D eigenvalue weighted by Crippen LogP contribution is 2.23. The van der Waals surface area contributed by atoms with Crippen LogP contribution in [-0.4, -0.2) is 42.7 Å². The molecule has 0 radical (unpaired) electrons. The number of hydrogen-bond acceptors (Lipinski definition) is 4. The van der Waals surface area contributed by atoms with Crippen LogP contribution in [0.25, 0.3) is 0 Å². The second-order valence-electron chi connectivity index (χ2n) is 5.42. The summed E-state index contributed by atoms with van der Waals surface area (Å²) in [4.78, 5) is 6.79. The quantitative estimate of drug-likeness (QED) is 0.807. The Labute approximate surface area is 130 Å². The molecule has 0 atom stereocenters. The first-order valence-corrected chi connectivity index (χ1v) is 8.18. The van der Waals surface area contributed by atoms with E-state index in [0.717, 1.165) is 61.4 Å². The van der Waals surface area contributed by atoms with E-state index in [-0.39, 0.29) is 0 Å². The molecular formula is C15H24BrN3O. The van der Waals surface area contributed by atoms with Gasteiger partial charge in [-0.2, -0.15) is 0 Å². The van der Waals surface area contributed by atoms with E-state index in [1.807, 2.05) is 6.20 Å². The molecule has 1 N–H and O–H groups in total. The smallest absolute Gasteiger partial charge is 0.218 e. The molecule has 4 nitrogen and oxygen atoms in total. The average molecular weight is 342 g/mol. The molecule has 1 aromatic heterocycles. The van der Waals surface area contributed by atoms with Crippen molar-refractivity contribution in [1.82, 2.24) is 15.2 Å². The Bertz CT molecular complexity index is 420. The highest BCUT2D eigenvalue weighted by atomic mass is 79.9. The summed E-state index contributed by atoms with van der Waals surface area (Å²) in [6.07, 6.45) is 5.40. The second kappa shape index (κ2) is 7.96. The molecule has 0 aromatic carbocycles. The van der Waals surface area contributed by atoms with E-state index in [1.54, 1.807) is 0 Å². The van der Waals surface area contributed by atoms with Crippen molar-refractivity contribution in [1.29, 1.82) is 0 Å². The maximum Gasteiger partial charge on any atom is 0.218 e. The van der Waals surface area contributed by atoms with Crippen LogP contribution in [0.15, 0.2) is 16.7 Å². The minimum absolute atomic E-state index is 0.296. The Morgan fingerprint density at radius 3 is 2.90 bits per heavy atom. The number of aromatic nitrogens is 1. The molecule has 0 saturated carbocycles. The minimum atomic E-state index is 0.296. The van der Waals surface area contributed by atoms with Gasteiger partial charge in [0.05, 0.1) is 0 Å². The van der Waals surface area contributed by atoms with Gasteiger partial charge in [-0.3, -0.25) is 0 Å². The zero-order valence-electron chi connectivity index (χ0n) is 12.4. The summed E-state index contributed by atoms with van der Waals surface area (Å²) >= 11 is 3.49. The molecule has 20 heavy (non-hydrogen) atoms. The Hall–Kier alpha value is -0.650. The molecule has 1 saturated heterocycles. The number of piperidine rings is 1. The molecule has 0 unspecified atom stereocenters. The van der Waals surface area contributed by atoms with Crippen LogP contribution in [0, 0.1) is 0 Å². The van der Waals surface area contributed by atoms with Crippen LogP contribution in [0.3, 0.4) is 0 Å². The van der Waals surface area contributed by atoms with E-state index in [9.17, 15) is 0 Å². The number of likely N-dealkylation sites (tertiary alicyclic amines) is 1. The van der Waals surface area contributed by atoms with Crippen LogP contribution >= 0.6 is 15.9 Å². The van der Waals surface area contributed by atoms with Gasteiger partial charge >= 0.3 is 0 Å². The zero-order chi connectivity index (χ0) is 14.4. The van der Waals surface area contributed by atoms with Crippen LogP contribution in [0.1, 0.15) is 31.7 Å². The van der Waals surface area contributed by atoms with Crippen LogP contribution in [-0.2, 0) is 6.54 Å². The topological polar surface area (TPSA) is 37.4 Å². The van der Waals surface area contributed by atoms with Gasteiger partial charge in [-0.15, -0.1) is 0 Å². The highest BCUT2D eigenvalue weighted by molar-refractivity contribution is 9.10. The molecule has 2 heterocycles. The molecule has 5 heteroatoms. The van der Waals surface area contributed by atoms with Crippen LogP contribution in [0.5, 0.6) is 5.88 Å². The molecule has 1 aromatic rings. The largest absolute Gasteiger partial charge is 0.474 e. The van der Waals surface area contributed by atoms with Crippen molar-refractivity contribution in [3.05, 3.63) is 22.3 Å².